The first-order chi connectivity index (χ1) is 7.36. The van der Waals surface area contributed by atoms with Gasteiger partial charge in [0.15, 0.2) is 5.85 Å². The minimum atomic E-state index is -4.34. The molecule has 0 aromatic heterocycles. The van der Waals surface area contributed by atoms with Gasteiger partial charge in [-0.1, -0.05) is 0 Å². The summed E-state index contributed by atoms with van der Waals surface area (Å²) in [6, 6.07) is -0.761. The zero-order chi connectivity index (χ0) is 12.3. The van der Waals surface area contributed by atoms with Crippen molar-refractivity contribution < 1.29 is 29.0 Å². The van der Waals surface area contributed by atoms with E-state index in [-0.39, 0.29) is 6.42 Å². The van der Waals surface area contributed by atoms with Crippen LogP contribution in [0.25, 0.3) is 0 Å². The van der Waals surface area contributed by atoms with Crippen LogP contribution in [0.1, 0.15) is 12.8 Å². The van der Waals surface area contributed by atoms with Gasteiger partial charge < -0.3 is 24.9 Å². The second-order valence-corrected chi connectivity index (χ2v) is 5.53. The molecule has 0 aliphatic carbocycles. The Kier molecular flexibility index (Phi) is 4.46. The lowest BCUT2D eigenvalue weighted by molar-refractivity contribution is -0.140. The third kappa shape index (κ3) is 3.26. The Bertz CT molecular complexity index is 303. The van der Waals surface area contributed by atoms with Gasteiger partial charge >= 0.3 is 13.6 Å². The predicted octanol–water partition coefficient (Wildman–Crippen LogP) is -0.411. The van der Waals surface area contributed by atoms with Crippen molar-refractivity contribution >= 4 is 13.6 Å². The lowest BCUT2D eigenvalue weighted by Gasteiger charge is -2.32. The van der Waals surface area contributed by atoms with Crippen molar-refractivity contribution in [3.05, 3.63) is 0 Å². The Balaban J connectivity index is 2.72. The lowest BCUT2D eigenvalue weighted by atomic mass is 9.93. The molecule has 3 atom stereocenters. The van der Waals surface area contributed by atoms with Gasteiger partial charge in [0, 0.05) is 13.0 Å². The van der Waals surface area contributed by atoms with Crippen LogP contribution in [0.4, 0.5) is 0 Å². The number of hydrogen-bond acceptors (Lipinski definition) is 4. The van der Waals surface area contributed by atoms with Gasteiger partial charge in [0.1, 0.15) is 6.04 Å². The molecule has 1 aliphatic rings. The molecule has 1 fully saturated rings. The maximum Gasteiger partial charge on any atom is 0.354 e. The molecule has 0 spiro atoms. The number of hydrogen-bond donors (Lipinski definition) is 4. The zero-order valence-corrected chi connectivity index (χ0v) is 9.76. The number of carboxylic acid groups (broad SMARTS) is 1. The van der Waals surface area contributed by atoms with Gasteiger partial charge in [0.05, 0.1) is 0 Å². The summed E-state index contributed by atoms with van der Waals surface area (Å²) in [7, 11) is -3.12. The van der Waals surface area contributed by atoms with E-state index >= 15 is 0 Å². The first-order valence-corrected chi connectivity index (χ1v) is 6.58. The van der Waals surface area contributed by atoms with Gasteiger partial charge in [-0.15, -0.1) is 0 Å². The Morgan fingerprint density at radius 3 is 2.62 bits per heavy atom. The number of nitrogens with one attached hydrogen (secondary N) is 1. The highest BCUT2D eigenvalue weighted by Gasteiger charge is 2.40. The van der Waals surface area contributed by atoms with Crippen molar-refractivity contribution in [2.75, 3.05) is 13.7 Å². The number of rotatable bonds is 4. The molecule has 1 rings (SSSR count). The summed E-state index contributed by atoms with van der Waals surface area (Å²) in [6.45, 7) is 0.418. The summed E-state index contributed by atoms with van der Waals surface area (Å²) in [4.78, 5) is 28.9. The Labute approximate surface area is 93.0 Å². The van der Waals surface area contributed by atoms with E-state index in [1.54, 1.807) is 0 Å². The van der Waals surface area contributed by atoms with Gasteiger partial charge in [-0.2, -0.15) is 0 Å². The van der Waals surface area contributed by atoms with Crippen LogP contribution in [0.2, 0.25) is 0 Å². The second-order valence-electron chi connectivity index (χ2n) is 3.84. The van der Waals surface area contributed by atoms with Crippen LogP contribution in [0.15, 0.2) is 0 Å². The van der Waals surface area contributed by atoms with Gasteiger partial charge in [0.2, 0.25) is 0 Å². The molecule has 8 heteroatoms. The van der Waals surface area contributed by atoms with E-state index in [1.807, 2.05) is 0 Å². The maximum absolute atomic E-state index is 11.1. The summed E-state index contributed by atoms with van der Waals surface area (Å²) in [5, 5.41) is 11.6. The summed E-state index contributed by atoms with van der Waals surface area (Å²) in [5.41, 5.74) is 0. The fourth-order valence-electron chi connectivity index (χ4n) is 2.00. The fraction of sp³-hybridized carbons (Fsp3) is 0.875. The van der Waals surface area contributed by atoms with Gasteiger partial charge in [-0.25, -0.2) is 0 Å². The number of aliphatic carboxylic acids is 1. The highest BCUT2D eigenvalue weighted by Crippen LogP contribution is 2.47. The highest BCUT2D eigenvalue weighted by molar-refractivity contribution is 7.52. The minimum Gasteiger partial charge on any atom is -0.480 e. The van der Waals surface area contributed by atoms with Crippen molar-refractivity contribution in [2.45, 2.75) is 24.7 Å². The van der Waals surface area contributed by atoms with Crippen molar-refractivity contribution in [1.82, 2.24) is 5.32 Å². The largest absolute Gasteiger partial charge is 0.480 e. The molecule has 0 amide bonds. The van der Waals surface area contributed by atoms with E-state index in [4.69, 9.17) is 19.6 Å². The third-order valence-electron chi connectivity index (χ3n) is 2.72. The number of methoxy groups -OCH3 is 1. The van der Waals surface area contributed by atoms with E-state index in [0.29, 0.717) is 13.0 Å². The lowest BCUT2D eigenvalue weighted by Crippen LogP contribution is -2.46. The summed E-state index contributed by atoms with van der Waals surface area (Å²) in [5.74, 6) is -2.66. The minimum absolute atomic E-state index is 0.166. The van der Waals surface area contributed by atoms with Gasteiger partial charge in [-0.05, 0) is 19.4 Å². The van der Waals surface area contributed by atoms with Crippen LogP contribution < -0.4 is 5.32 Å². The first kappa shape index (κ1) is 13.6. The summed E-state index contributed by atoms with van der Waals surface area (Å²) < 4.78 is 15.9. The first-order valence-electron chi connectivity index (χ1n) is 4.90. The van der Waals surface area contributed by atoms with Crippen molar-refractivity contribution in [2.24, 2.45) is 5.92 Å². The van der Waals surface area contributed by atoms with Crippen LogP contribution in [0.3, 0.4) is 0 Å². The molecule has 0 aromatic rings. The highest BCUT2D eigenvalue weighted by atomic mass is 31.2. The van der Waals surface area contributed by atoms with Crippen LogP contribution in [-0.2, 0) is 14.1 Å². The van der Waals surface area contributed by atoms with Gasteiger partial charge in [-0.3, -0.25) is 9.36 Å². The fourth-order valence-corrected chi connectivity index (χ4v) is 3.09. The Morgan fingerprint density at radius 2 is 2.19 bits per heavy atom. The molecule has 1 saturated heterocycles. The van der Waals surface area contributed by atoms with Crippen molar-refractivity contribution in [3.63, 3.8) is 0 Å². The maximum atomic E-state index is 11.1. The average Bonchev–Trinajstić information content (AvgIpc) is 2.17. The molecule has 1 heterocycles. The third-order valence-corrected chi connectivity index (χ3v) is 4.01. The van der Waals surface area contributed by atoms with E-state index < -0.39 is 31.4 Å². The molecular formula is C8H16NO6P. The topological polar surface area (TPSA) is 116 Å². The molecule has 0 bridgehead atoms. The molecule has 0 saturated carbocycles. The summed E-state index contributed by atoms with van der Waals surface area (Å²) in [6.07, 6.45) is 0.659. The number of carboxylic acids is 1. The molecule has 1 unspecified atom stereocenters. The van der Waals surface area contributed by atoms with Crippen molar-refractivity contribution in [1.29, 1.82) is 0 Å². The monoisotopic (exact) mass is 253 g/mol. The average molecular weight is 253 g/mol. The normalized spacial score (nSPS) is 28.7. The standard InChI is InChI=1S/C8H16NO6P/c1-15-8(16(12,13)14)5-2-3-9-6(4-5)7(10)11/h5-6,8-9H,2-4H2,1H3,(H,10,11)(H2,12,13,14)/t5-,6+,8?/m1/s1. The SMILES string of the molecule is COC([C@@H]1CCN[C@H](C(=O)O)C1)P(=O)(O)O. The van der Waals surface area contributed by atoms with Crippen LogP contribution in [0, 0.1) is 5.92 Å². The number of carbonyl (C=O) groups is 1. The smallest absolute Gasteiger partial charge is 0.354 e. The van der Waals surface area contributed by atoms with E-state index in [2.05, 4.69) is 5.32 Å². The van der Waals surface area contributed by atoms with E-state index in [0.717, 1.165) is 0 Å². The Morgan fingerprint density at radius 1 is 1.56 bits per heavy atom. The van der Waals surface area contributed by atoms with Crippen LogP contribution in [0.5, 0.6) is 0 Å². The molecule has 7 nitrogen and oxygen atoms in total. The Hall–Kier alpha value is -0.460. The number of ether oxygens (including phenoxy) is 1. The zero-order valence-electron chi connectivity index (χ0n) is 8.87. The predicted molar refractivity (Wildman–Crippen MR) is 55.0 cm³/mol. The molecular weight excluding hydrogens is 237 g/mol. The van der Waals surface area contributed by atoms with Gasteiger partial charge in [0.25, 0.3) is 0 Å². The number of piperidine rings is 1. The summed E-state index contributed by atoms with van der Waals surface area (Å²) >= 11 is 0. The van der Waals surface area contributed by atoms with E-state index in [9.17, 15) is 9.36 Å². The molecule has 4 N–H and O–H groups in total. The molecule has 1 aliphatic heterocycles. The molecule has 0 radical (unpaired) electrons. The molecule has 94 valence electrons. The second kappa shape index (κ2) is 5.25. The van der Waals surface area contributed by atoms with E-state index in [1.165, 1.54) is 7.11 Å². The van der Waals surface area contributed by atoms with Crippen LogP contribution >= 0.6 is 7.60 Å². The quantitative estimate of drug-likeness (QED) is 0.503. The molecule has 0 aromatic carbocycles. The van der Waals surface area contributed by atoms with Crippen molar-refractivity contribution in [3.8, 4) is 0 Å². The van der Waals surface area contributed by atoms with Crippen LogP contribution in [-0.4, -0.2) is 46.4 Å². The molecule has 16 heavy (non-hydrogen) atoms.